The smallest absolute Gasteiger partial charge is 0.267 e. The predicted molar refractivity (Wildman–Crippen MR) is 121 cm³/mol. The molecular formula is C24H32N4O3. The van der Waals surface area contributed by atoms with Crippen LogP contribution in [0, 0.1) is 5.92 Å². The summed E-state index contributed by atoms with van der Waals surface area (Å²) in [5.41, 5.74) is 0.646. The van der Waals surface area contributed by atoms with Crippen LogP contribution in [-0.4, -0.2) is 67.4 Å². The number of furan rings is 1. The minimum atomic E-state index is -0.338. The fourth-order valence-corrected chi connectivity index (χ4v) is 3.61. The van der Waals surface area contributed by atoms with Crippen LogP contribution in [0.25, 0.3) is 6.08 Å². The van der Waals surface area contributed by atoms with Crippen molar-refractivity contribution in [3.05, 3.63) is 65.7 Å². The van der Waals surface area contributed by atoms with E-state index in [0.717, 1.165) is 39.3 Å². The van der Waals surface area contributed by atoms with Gasteiger partial charge in [-0.3, -0.25) is 9.59 Å². The molecule has 1 atom stereocenters. The molecule has 1 aromatic carbocycles. The molecule has 2 aromatic rings. The van der Waals surface area contributed by atoms with Gasteiger partial charge in [-0.1, -0.05) is 32.0 Å². The van der Waals surface area contributed by atoms with Gasteiger partial charge in [0.15, 0.2) is 0 Å². The molecule has 2 N–H and O–H groups in total. The second kappa shape index (κ2) is 11.5. The number of benzene rings is 1. The first-order valence-corrected chi connectivity index (χ1v) is 10.9. The third kappa shape index (κ3) is 7.08. The van der Waals surface area contributed by atoms with Gasteiger partial charge in [0.2, 0.25) is 0 Å². The molecule has 1 saturated heterocycles. The maximum absolute atomic E-state index is 12.9. The summed E-state index contributed by atoms with van der Waals surface area (Å²) < 4.78 is 5.33. The first-order chi connectivity index (χ1) is 15.0. The van der Waals surface area contributed by atoms with Crippen LogP contribution in [0.3, 0.4) is 0 Å². The number of likely N-dealkylation sites (N-methyl/N-ethyl adjacent to an activating group) is 1. The second-order valence-electron chi connectivity index (χ2n) is 7.94. The van der Waals surface area contributed by atoms with Gasteiger partial charge in [0.05, 0.1) is 6.26 Å². The van der Waals surface area contributed by atoms with Crippen LogP contribution < -0.4 is 10.6 Å². The summed E-state index contributed by atoms with van der Waals surface area (Å²) in [7, 11) is 0. The Labute approximate surface area is 184 Å². The molecule has 1 aliphatic heterocycles. The zero-order chi connectivity index (χ0) is 22.1. The number of rotatable bonds is 9. The lowest BCUT2D eigenvalue weighted by atomic mass is 10.1. The molecule has 0 aliphatic carbocycles. The summed E-state index contributed by atoms with van der Waals surface area (Å²) in [6.07, 6.45) is 3.07. The first-order valence-electron chi connectivity index (χ1n) is 10.9. The maximum Gasteiger partial charge on any atom is 0.267 e. The number of carbonyl (C=O) groups excluding carboxylic acids is 2. The van der Waals surface area contributed by atoms with Crippen molar-refractivity contribution in [1.29, 1.82) is 0 Å². The molecule has 2 amide bonds. The number of nitrogens with zero attached hydrogens (tertiary/aromatic N) is 2. The molecule has 0 spiro atoms. The highest BCUT2D eigenvalue weighted by atomic mass is 16.3. The average Bonchev–Trinajstić information content (AvgIpc) is 3.31. The molecule has 0 saturated carbocycles. The molecule has 1 fully saturated rings. The highest BCUT2D eigenvalue weighted by molar-refractivity contribution is 6.05. The van der Waals surface area contributed by atoms with Gasteiger partial charge in [0.25, 0.3) is 11.8 Å². The lowest BCUT2D eigenvalue weighted by Crippen LogP contribution is -2.48. The number of nitrogens with one attached hydrogen (secondary N) is 2. The lowest BCUT2D eigenvalue weighted by molar-refractivity contribution is -0.117. The third-order valence-corrected chi connectivity index (χ3v) is 5.45. The minimum absolute atomic E-state index is 0.160. The Morgan fingerprint density at radius 2 is 1.77 bits per heavy atom. The largest absolute Gasteiger partial charge is 0.465 e. The number of carbonyl (C=O) groups is 2. The van der Waals surface area contributed by atoms with Gasteiger partial charge in [-0.25, -0.2) is 0 Å². The Balaban J connectivity index is 1.56. The second-order valence-corrected chi connectivity index (χ2v) is 7.94. The molecule has 0 radical (unpaired) electrons. The molecule has 166 valence electrons. The van der Waals surface area contributed by atoms with E-state index in [1.54, 1.807) is 42.5 Å². The Morgan fingerprint density at radius 3 is 2.42 bits per heavy atom. The molecule has 1 aliphatic rings. The molecule has 7 nitrogen and oxygen atoms in total. The van der Waals surface area contributed by atoms with E-state index in [1.165, 1.54) is 6.26 Å². The quantitative estimate of drug-likeness (QED) is 0.605. The third-order valence-electron chi connectivity index (χ3n) is 5.45. The standard InChI is InChI=1S/C24H32N4O3/c1-3-27-11-13-28(14-12-27)18-19(2)17-25-24(30)22(16-21-10-7-15-31-21)26-23(29)20-8-5-4-6-9-20/h4-10,15-16,19H,3,11-14,17-18H2,1-2H3,(H,25,30)(H,26,29). The van der Waals surface area contributed by atoms with Crippen molar-refractivity contribution in [1.82, 2.24) is 20.4 Å². The van der Waals surface area contributed by atoms with E-state index >= 15 is 0 Å². The maximum atomic E-state index is 12.9. The van der Waals surface area contributed by atoms with Crippen LogP contribution in [0.15, 0.2) is 58.8 Å². The van der Waals surface area contributed by atoms with Crippen LogP contribution in [0.1, 0.15) is 30.0 Å². The average molecular weight is 425 g/mol. The molecular weight excluding hydrogens is 392 g/mol. The minimum Gasteiger partial charge on any atom is -0.465 e. The lowest BCUT2D eigenvalue weighted by Gasteiger charge is -2.35. The molecule has 1 aromatic heterocycles. The molecule has 31 heavy (non-hydrogen) atoms. The summed E-state index contributed by atoms with van der Waals surface area (Å²) in [4.78, 5) is 30.3. The monoisotopic (exact) mass is 424 g/mol. The van der Waals surface area contributed by atoms with Crippen LogP contribution >= 0.6 is 0 Å². The SMILES string of the molecule is CCN1CCN(CC(C)CNC(=O)C(=Cc2ccco2)NC(=O)c2ccccc2)CC1. The summed E-state index contributed by atoms with van der Waals surface area (Å²) >= 11 is 0. The number of amides is 2. The number of hydrogen-bond acceptors (Lipinski definition) is 5. The van der Waals surface area contributed by atoms with E-state index in [2.05, 4.69) is 34.3 Å². The molecule has 7 heteroatoms. The van der Waals surface area contributed by atoms with Gasteiger partial charge in [-0.2, -0.15) is 0 Å². The Morgan fingerprint density at radius 1 is 1.06 bits per heavy atom. The van der Waals surface area contributed by atoms with Crippen molar-refractivity contribution in [2.45, 2.75) is 13.8 Å². The van der Waals surface area contributed by atoms with E-state index < -0.39 is 0 Å². The van der Waals surface area contributed by atoms with Crippen LogP contribution in [-0.2, 0) is 4.79 Å². The van der Waals surface area contributed by atoms with Crippen LogP contribution in [0.2, 0.25) is 0 Å². The van der Waals surface area contributed by atoms with Crippen molar-refractivity contribution in [2.24, 2.45) is 5.92 Å². The van der Waals surface area contributed by atoms with Gasteiger partial charge < -0.3 is 24.9 Å². The fourth-order valence-electron chi connectivity index (χ4n) is 3.61. The highest BCUT2D eigenvalue weighted by Crippen LogP contribution is 2.09. The van der Waals surface area contributed by atoms with E-state index in [-0.39, 0.29) is 17.5 Å². The zero-order valence-corrected chi connectivity index (χ0v) is 18.3. The normalized spacial score (nSPS) is 16.6. The highest BCUT2D eigenvalue weighted by Gasteiger charge is 2.19. The Kier molecular flexibility index (Phi) is 8.44. The Hall–Kier alpha value is -2.90. The van der Waals surface area contributed by atoms with Gasteiger partial charge in [0, 0.05) is 50.9 Å². The van der Waals surface area contributed by atoms with Crippen molar-refractivity contribution in [3.8, 4) is 0 Å². The summed E-state index contributed by atoms with van der Waals surface area (Å²) in [6, 6.07) is 12.3. The van der Waals surface area contributed by atoms with Crippen molar-refractivity contribution in [2.75, 3.05) is 45.8 Å². The van der Waals surface area contributed by atoms with Gasteiger partial charge in [-0.05, 0) is 36.7 Å². The Bertz CT molecular complexity index is 856. The first kappa shape index (κ1) is 22.8. The molecule has 0 bridgehead atoms. The van der Waals surface area contributed by atoms with E-state index in [0.29, 0.717) is 23.8 Å². The molecule has 2 heterocycles. The summed E-state index contributed by atoms with van der Waals surface area (Å²) in [6.45, 7) is 11.2. The summed E-state index contributed by atoms with van der Waals surface area (Å²) in [5.74, 6) is 0.130. The number of hydrogen-bond donors (Lipinski definition) is 2. The van der Waals surface area contributed by atoms with Crippen LogP contribution in [0.5, 0.6) is 0 Å². The van der Waals surface area contributed by atoms with Crippen molar-refractivity contribution < 1.29 is 14.0 Å². The predicted octanol–water partition coefficient (Wildman–Crippen LogP) is 2.44. The van der Waals surface area contributed by atoms with Crippen molar-refractivity contribution >= 4 is 17.9 Å². The van der Waals surface area contributed by atoms with Gasteiger partial charge >= 0.3 is 0 Å². The number of piperazine rings is 1. The topological polar surface area (TPSA) is 77.8 Å². The molecule has 1 unspecified atom stereocenters. The fraction of sp³-hybridized carbons (Fsp3) is 0.417. The van der Waals surface area contributed by atoms with Crippen LogP contribution in [0.4, 0.5) is 0 Å². The summed E-state index contributed by atoms with van der Waals surface area (Å²) in [5, 5.41) is 5.68. The van der Waals surface area contributed by atoms with Gasteiger partial charge in [0.1, 0.15) is 11.5 Å². The van der Waals surface area contributed by atoms with Crippen molar-refractivity contribution in [3.63, 3.8) is 0 Å². The van der Waals surface area contributed by atoms with E-state index in [1.807, 2.05) is 6.07 Å². The van der Waals surface area contributed by atoms with E-state index in [9.17, 15) is 9.59 Å². The zero-order valence-electron chi connectivity index (χ0n) is 18.3. The van der Waals surface area contributed by atoms with Gasteiger partial charge in [-0.15, -0.1) is 0 Å². The molecule has 3 rings (SSSR count). The van der Waals surface area contributed by atoms with E-state index in [4.69, 9.17) is 4.42 Å².